The molecule has 1 N–H and O–H groups in total. The Morgan fingerprint density at radius 2 is 1.70 bits per heavy atom. The molecule has 0 aliphatic heterocycles. The van der Waals surface area contributed by atoms with Crippen LogP contribution in [-0.2, 0) is 16.5 Å². The second-order valence-electron chi connectivity index (χ2n) is 3.02. The summed E-state index contributed by atoms with van der Waals surface area (Å²) in [5.74, 6) is 0.954. The molecule has 1 aromatic carbocycles. The molecule has 0 radical (unpaired) electrons. The van der Waals surface area contributed by atoms with E-state index in [9.17, 15) is 8.42 Å². The molecular weight excluding hydrogens is 344 g/mol. The summed E-state index contributed by atoms with van der Waals surface area (Å²) in [6.45, 7) is 6.12. The Morgan fingerprint density at radius 1 is 1.30 bits per heavy atom. The van der Waals surface area contributed by atoms with Crippen molar-refractivity contribution in [3.05, 3.63) is 28.2 Å². The number of para-hydroxylation sites is 1. The minimum Gasteiger partial charge on any atom is -0.495 e. The Hall–Kier alpha value is -1.03. The number of hydrogen-bond acceptors (Lipinski definition) is 3. The lowest BCUT2D eigenvalue weighted by Gasteiger charge is -2.07. The maximum Gasteiger partial charge on any atom is 0.261 e. The van der Waals surface area contributed by atoms with Gasteiger partial charge in [0.2, 0.25) is 0 Å². The third kappa shape index (κ3) is 15.0. The van der Waals surface area contributed by atoms with Gasteiger partial charge in [-0.15, -0.1) is 12.8 Å². The molecule has 0 saturated heterocycles. The van der Waals surface area contributed by atoms with Crippen LogP contribution in [0.5, 0.6) is 5.75 Å². The van der Waals surface area contributed by atoms with Gasteiger partial charge >= 0.3 is 0 Å². The van der Waals surface area contributed by atoms with Crippen LogP contribution >= 0.6 is 15.9 Å². The van der Waals surface area contributed by atoms with E-state index in [0.717, 1.165) is 16.6 Å². The zero-order chi connectivity index (χ0) is 16.8. The van der Waals surface area contributed by atoms with Crippen molar-refractivity contribution in [2.24, 2.45) is 0 Å². The number of terminal acetylenes is 1. The van der Waals surface area contributed by atoms with E-state index in [1.165, 1.54) is 5.56 Å². The van der Waals surface area contributed by atoms with Gasteiger partial charge in [0, 0.05) is 0 Å². The number of rotatable bonds is 2. The quantitative estimate of drug-likeness (QED) is 0.638. The molecule has 0 spiro atoms. The number of benzene rings is 1. The topological polar surface area (TPSA) is 63.6 Å². The second kappa shape index (κ2) is 14.4. The van der Waals surface area contributed by atoms with Crippen molar-refractivity contribution in [1.82, 2.24) is 0 Å². The number of halogens is 1. The van der Waals surface area contributed by atoms with Crippen molar-refractivity contribution in [3.8, 4) is 18.6 Å². The minimum absolute atomic E-state index is 0.715. The van der Waals surface area contributed by atoms with E-state index < -0.39 is 10.1 Å². The first-order chi connectivity index (χ1) is 9.29. The fourth-order valence-corrected chi connectivity index (χ4v) is 1.63. The highest BCUT2D eigenvalue weighted by atomic mass is 79.9. The van der Waals surface area contributed by atoms with Crippen molar-refractivity contribution in [2.75, 3.05) is 13.4 Å². The van der Waals surface area contributed by atoms with Gasteiger partial charge in [0.1, 0.15) is 5.75 Å². The Morgan fingerprint density at radius 3 is 1.95 bits per heavy atom. The van der Waals surface area contributed by atoms with Gasteiger partial charge in [0.25, 0.3) is 10.1 Å². The molecule has 0 amide bonds. The monoisotopic (exact) mass is 366 g/mol. The van der Waals surface area contributed by atoms with Crippen molar-refractivity contribution in [2.45, 2.75) is 27.2 Å². The highest BCUT2D eigenvalue weighted by Crippen LogP contribution is 2.28. The van der Waals surface area contributed by atoms with Gasteiger partial charge in [-0.05, 0) is 34.0 Å². The predicted molar refractivity (Wildman–Crippen MR) is 88.8 cm³/mol. The van der Waals surface area contributed by atoms with Crippen LogP contribution in [0.1, 0.15) is 26.3 Å². The summed E-state index contributed by atoms with van der Waals surface area (Å²) >= 11 is 3.42. The van der Waals surface area contributed by atoms with Gasteiger partial charge < -0.3 is 4.74 Å². The van der Waals surface area contributed by atoms with E-state index in [0.29, 0.717) is 6.26 Å². The van der Waals surface area contributed by atoms with E-state index in [-0.39, 0.29) is 0 Å². The Bertz CT molecular complexity index is 459. The smallest absolute Gasteiger partial charge is 0.261 e. The third-order valence-corrected chi connectivity index (χ3v) is 2.26. The summed E-state index contributed by atoms with van der Waals surface area (Å²) in [7, 11) is -1.97. The van der Waals surface area contributed by atoms with Gasteiger partial charge in [0.15, 0.2) is 0 Å². The van der Waals surface area contributed by atoms with Crippen LogP contribution in [-0.4, -0.2) is 26.3 Å². The van der Waals surface area contributed by atoms with E-state index >= 15 is 0 Å². The lowest BCUT2D eigenvalue weighted by Crippen LogP contribution is -1.90. The summed E-state index contributed by atoms with van der Waals surface area (Å²) in [6.07, 6.45) is 9.72. The molecule has 0 fully saturated rings. The summed E-state index contributed by atoms with van der Waals surface area (Å²) < 4.78 is 32.1. The maximum absolute atomic E-state index is 9.19. The first kappa shape index (κ1) is 24.0. The van der Waals surface area contributed by atoms with Gasteiger partial charge in [-0.2, -0.15) is 8.42 Å². The number of aryl methyl sites for hydroxylation is 1. The van der Waals surface area contributed by atoms with Gasteiger partial charge in [-0.3, -0.25) is 4.55 Å². The largest absolute Gasteiger partial charge is 0.495 e. The van der Waals surface area contributed by atoms with Gasteiger partial charge in [-0.25, -0.2) is 0 Å². The first-order valence-electron chi connectivity index (χ1n) is 5.86. The summed E-state index contributed by atoms with van der Waals surface area (Å²) in [5.41, 5.74) is 1.24. The standard InChI is InChI=1S/C9H11BrO.C2H6.C2H2.CH4O3S/c1-3-7-5-4-6-8(10)9(7)11-2;2*1-2;1-5(2,3)4/h4-6H,3H2,1-2H3;1-2H3;1-2H;1H3,(H,2,3,4). The summed E-state index contributed by atoms with van der Waals surface area (Å²) in [5, 5.41) is 0. The van der Waals surface area contributed by atoms with Crippen LogP contribution in [0.25, 0.3) is 0 Å². The zero-order valence-electron chi connectivity index (χ0n) is 12.6. The lowest BCUT2D eigenvalue weighted by molar-refractivity contribution is 0.407. The predicted octanol–water partition coefficient (Wildman–Crippen LogP) is 3.80. The second-order valence-corrected chi connectivity index (χ2v) is 5.34. The van der Waals surface area contributed by atoms with E-state index in [4.69, 9.17) is 9.29 Å². The molecule has 0 saturated carbocycles. The fourth-order valence-electron chi connectivity index (χ4n) is 1.06. The molecule has 20 heavy (non-hydrogen) atoms. The van der Waals surface area contributed by atoms with Crippen LogP contribution in [0.3, 0.4) is 0 Å². The van der Waals surface area contributed by atoms with E-state index in [1.807, 2.05) is 26.0 Å². The van der Waals surface area contributed by atoms with Crippen molar-refractivity contribution >= 4 is 26.0 Å². The van der Waals surface area contributed by atoms with Crippen LogP contribution in [0.15, 0.2) is 22.7 Å². The number of methoxy groups -OCH3 is 1. The minimum atomic E-state index is -3.67. The molecule has 0 heterocycles. The molecule has 0 bridgehead atoms. The average Bonchev–Trinajstić information content (AvgIpc) is 2.41. The molecule has 1 rings (SSSR count). The molecule has 4 nitrogen and oxygen atoms in total. The van der Waals surface area contributed by atoms with Crippen molar-refractivity contribution in [1.29, 1.82) is 0 Å². The van der Waals surface area contributed by atoms with Crippen molar-refractivity contribution < 1.29 is 17.7 Å². The van der Waals surface area contributed by atoms with Crippen molar-refractivity contribution in [3.63, 3.8) is 0 Å². The molecule has 0 unspecified atom stereocenters. The Balaban J connectivity index is -0.000000272. The van der Waals surface area contributed by atoms with Crippen LogP contribution < -0.4 is 4.74 Å². The summed E-state index contributed by atoms with van der Waals surface area (Å²) in [4.78, 5) is 0. The lowest BCUT2D eigenvalue weighted by atomic mass is 10.1. The molecule has 0 atom stereocenters. The van der Waals surface area contributed by atoms with Crippen LogP contribution in [0.4, 0.5) is 0 Å². The molecule has 1 aromatic rings. The Labute approximate surface area is 131 Å². The van der Waals surface area contributed by atoms with E-state index in [1.54, 1.807) is 7.11 Å². The average molecular weight is 367 g/mol. The molecule has 116 valence electrons. The molecule has 6 heteroatoms. The number of hydrogen-bond donors (Lipinski definition) is 1. The van der Waals surface area contributed by atoms with E-state index in [2.05, 4.69) is 41.8 Å². The first-order valence-corrected chi connectivity index (χ1v) is 8.50. The molecule has 0 aliphatic carbocycles. The summed E-state index contributed by atoms with van der Waals surface area (Å²) in [6, 6.07) is 6.08. The van der Waals surface area contributed by atoms with Crippen LogP contribution in [0, 0.1) is 12.8 Å². The maximum atomic E-state index is 9.19. The third-order valence-electron chi connectivity index (χ3n) is 1.63. The van der Waals surface area contributed by atoms with Gasteiger partial charge in [0.05, 0.1) is 17.8 Å². The fraction of sp³-hybridized carbons (Fsp3) is 0.429. The highest BCUT2D eigenvalue weighted by Gasteiger charge is 2.03. The SMILES string of the molecule is C#C.CC.CCc1cccc(Br)c1OC.CS(=O)(=O)O. The normalized spacial score (nSPS) is 8.65. The molecule has 0 aliphatic rings. The Kier molecular flexibility index (Phi) is 17.3. The molecule has 0 aromatic heterocycles. The van der Waals surface area contributed by atoms with Gasteiger partial charge in [-0.1, -0.05) is 32.9 Å². The molecular formula is C14H23BrO4S. The zero-order valence-corrected chi connectivity index (χ0v) is 15.0. The highest BCUT2D eigenvalue weighted by molar-refractivity contribution is 9.10. The van der Waals surface area contributed by atoms with Crippen LogP contribution in [0.2, 0.25) is 0 Å². The number of ether oxygens (including phenoxy) is 1.